The smallest absolute Gasteiger partial charge is 0.0608 e. The molecule has 2 nitrogen and oxygen atoms in total. The van der Waals surface area contributed by atoms with Gasteiger partial charge >= 0.3 is 0 Å². The van der Waals surface area contributed by atoms with Crippen molar-refractivity contribution in [3.8, 4) is 0 Å². The monoisotopic (exact) mass is 157 g/mol. The van der Waals surface area contributed by atoms with E-state index in [1.165, 1.54) is 12.8 Å². The van der Waals surface area contributed by atoms with Crippen molar-refractivity contribution >= 4 is 0 Å². The van der Waals surface area contributed by atoms with Crippen molar-refractivity contribution in [2.24, 2.45) is 0 Å². The van der Waals surface area contributed by atoms with E-state index in [9.17, 15) is 0 Å². The lowest BCUT2D eigenvalue weighted by atomic mass is 9.88. The van der Waals surface area contributed by atoms with Crippen molar-refractivity contribution in [3.63, 3.8) is 0 Å². The van der Waals surface area contributed by atoms with E-state index in [1.54, 1.807) is 0 Å². The molecule has 1 rings (SSSR count). The summed E-state index contributed by atoms with van der Waals surface area (Å²) in [6, 6.07) is 0.763. The van der Waals surface area contributed by atoms with Crippen LogP contribution in [-0.2, 0) is 4.74 Å². The topological polar surface area (TPSA) is 12.5 Å². The molecule has 0 atom stereocenters. The van der Waals surface area contributed by atoms with Crippen LogP contribution in [-0.4, -0.2) is 37.2 Å². The van der Waals surface area contributed by atoms with Crippen molar-refractivity contribution in [2.75, 3.05) is 14.1 Å². The highest BCUT2D eigenvalue weighted by atomic mass is 16.5. The zero-order valence-electron chi connectivity index (χ0n) is 8.00. The summed E-state index contributed by atoms with van der Waals surface area (Å²) >= 11 is 0. The zero-order chi connectivity index (χ0) is 8.43. The van der Waals surface area contributed by atoms with Crippen molar-refractivity contribution in [3.05, 3.63) is 0 Å². The second-order valence-corrected chi connectivity index (χ2v) is 3.90. The van der Waals surface area contributed by atoms with Gasteiger partial charge in [0.2, 0.25) is 0 Å². The van der Waals surface area contributed by atoms with E-state index in [0.717, 1.165) is 6.04 Å². The molecule has 0 aliphatic heterocycles. The lowest BCUT2D eigenvalue weighted by molar-refractivity contribution is -0.0682. The molecule has 2 heteroatoms. The molecule has 0 radical (unpaired) electrons. The minimum atomic E-state index is 0.392. The molecule has 0 spiro atoms. The van der Waals surface area contributed by atoms with Gasteiger partial charge in [0.05, 0.1) is 12.2 Å². The summed E-state index contributed by atoms with van der Waals surface area (Å²) in [5.74, 6) is 0. The van der Waals surface area contributed by atoms with Crippen LogP contribution in [0.4, 0.5) is 0 Å². The number of hydrogen-bond donors (Lipinski definition) is 0. The maximum Gasteiger partial charge on any atom is 0.0608 e. The Morgan fingerprint density at radius 2 is 1.82 bits per heavy atom. The normalized spacial score (nSPS) is 31.1. The number of hydrogen-bond acceptors (Lipinski definition) is 2. The Morgan fingerprint density at radius 3 is 2.18 bits per heavy atom. The molecule has 0 bridgehead atoms. The van der Waals surface area contributed by atoms with E-state index < -0.39 is 0 Å². The van der Waals surface area contributed by atoms with Gasteiger partial charge in [-0.2, -0.15) is 0 Å². The van der Waals surface area contributed by atoms with E-state index in [-0.39, 0.29) is 0 Å². The van der Waals surface area contributed by atoms with Gasteiger partial charge in [-0.25, -0.2) is 0 Å². The fourth-order valence-electron chi connectivity index (χ4n) is 1.46. The van der Waals surface area contributed by atoms with Gasteiger partial charge in [0, 0.05) is 6.04 Å². The van der Waals surface area contributed by atoms with E-state index >= 15 is 0 Å². The SMILES string of the molecule is CC(C)OC1CC(N(C)C)C1. The lowest BCUT2D eigenvalue weighted by Gasteiger charge is -2.40. The maximum absolute atomic E-state index is 5.64. The highest BCUT2D eigenvalue weighted by Gasteiger charge is 2.31. The summed E-state index contributed by atoms with van der Waals surface area (Å²) < 4.78 is 5.64. The summed E-state index contributed by atoms with van der Waals surface area (Å²) in [4.78, 5) is 2.28. The molecule has 0 N–H and O–H groups in total. The van der Waals surface area contributed by atoms with Crippen LogP contribution in [0.2, 0.25) is 0 Å². The second-order valence-electron chi connectivity index (χ2n) is 3.90. The molecule has 1 aliphatic rings. The van der Waals surface area contributed by atoms with Crippen LogP contribution in [0.25, 0.3) is 0 Å². The maximum atomic E-state index is 5.64. The molecule has 66 valence electrons. The molecule has 0 unspecified atom stereocenters. The first-order valence-corrected chi connectivity index (χ1v) is 4.41. The Balaban J connectivity index is 2.09. The Hall–Kier alpha value is -0.0800. The molecule has 11 heavy (non-hydrogen) atoms. The summed E-state index contributed by atoms with van der Waals surface area (Å²) in [7, 11) is 4.27. The van der Waals surface area contributed by atoms with E-state index in [0.29, 0.717) is 12.2 Å². The van der Waals surface area contributed by atoms with Crippen LogP contribution in [0.5, 0.6) is 0 Å². The van der Waals surface area contributed by atoms with E-state index in [2.05, 4.69) is 32.8 Å². The minimum absolute atomic E-state index is 0.392. The molecule has 0 amide bonds. The van der Waals surface area contributed by atoms with Gasteiger partial charge in [0.15, 0.2) is 0 Å². The average molecular weight is 157 g/mol. The lowest BCUT2D eigenvalue weighted by Crippen LogP contribution is -2.45. The second kappa shape index (κ2) is 3.55. The van der Waals surface area contributed by atoms with Crippen molar-refractivity contribution < 1.29 is 4.74 Å². The Bertz CT molecular complexity index is 117. The third-order valence-corrected chi connectivity index (χ3v) is 2.26. The van der Waals surface area contributed by atoms with Crippen LogP contribution in [0, 0.1) is 0 Å². The molecule has 0 heterocycles. The fourth-order valence-corrected chi connectivity index (χ4v) is 1.46. The Labute approximate surface area is 69.5 Å². The van der Waals surface area contributed by atoms with Gasteiger partial charge in [-0.05, 0) is 40.8 Å². The third-order valence-electron chi connectivity index (χ3n) is 2.26. The quantitative estimate of drug-likeness (QED) is 0.615. The van der Waals surface area contributed by atoms with Gasteiger partial charge in [-0.15, -0.1) is 0 Å². The van der Waals surface area contributed by atoms with Crippen molar-refractivity contribution in [2.45, 2.75) is 44.9 Å². The van der Waals surface area contributed by atoms with Gasteiger partial charge in [0.1, 0.15) is 0 Å². The van der Waals surface area contributed by atoms with E-state index in [4.69, 9.17) is 4.74 Å². The zero-order valence-corrected chi connectivity index (χ0v) is 8.00. The van der Waals surface area contributed by atoms with Crippen LogP contribution in [0.3, 0.4) is 0 Å². The molecule has 1 fully saturated rings. The Kier molecular flexibility index (Phi) is 2.90. The Morgan fingerprint density at radius 1 is 1.27 bits per heavy atom. The third kappa shape index (κ3) is 2.46. The molecule has 0 saturated heterocycles. The first-order chi connectivity index (χ1) is 5.09. The fraction of sp³-hybridized carbons (Fsp3) is 1.00. The van der Waals surface area contributed by atoms with Crippen molar-refractivity contribution in [1.82, 2.24) is 4.90 Å². The summed E-state index contributed by atoms with van der Waals surface area (Å²) in [5, 5.41) is 0. The van der Waals surface area contributed by atoms with Gasteiger partial charge < -0.3 is 9.64 Å². The molecule has 0 aromatic heterocycles. The van der Waals surface area contributed by atoms with Crippen LogP contribution < -0.4 is 0 Å². The summed E-state index contributed by atoms with van der Waals surface area (Å²) in [6.45, 7) is 4.20. The molecular weight excluding hydrogens is 138 g/mol. The average Bonchev–Trinajstić information content (AvgIpc) is 1.75. The molecule has 0 aromatic carbocycles. The van der Waals surface area contributed by atoms with Gasteiger partial charge in [0.25, 0.3) is 0 Å². The largest absolute Gasteiger partial charge is 0.375 e. The van der Waals surface area contributed by atoms with Gasteiger partial charge in [-0.3, -0.25) is 0 Å². The molecule has 1 saturated carbocycles. The van der Waals surface area contributed by atoms with Crippen molar-refractivity contribution in [1.29, 1.82) is 0 Å². The molecule has 1 aliphatic carbocycles. The predicted molar refractivity (Wildman–Crippen MR) is 46.7 cm³/mol. The number of nitrogens with zero attached hydrogens (tertiary/aromatic N) is 1. The number of ether oxygens (including phenoxy) is 1. The van der Waals surface area contributed by atoms with Crippen LogP contribution >= 0.6 is 0 Å². The number of rotatable bonds is 3. The first-order valence-electron chi connectivity index (χ1n) is 4.41. The highest BCUT2D eigenvalue weighted by molar-refractivity contribution is 4.85. The molecule has 0 aromatic rings. The van der Waals surface area contributed by atoms with Crippen LogP contribution in [0.1, 0.15) is 26.7 Å². The first kappa shape index (κ1) is 9.01. The highest BCUT2D eigenvalue weighted by Crippen LogP contribution is 2.27. The van der Waals surface area contributed by atoms with E-state index in [1.807, 2.05) is 0 Å². The molecular formula is C9H19NO. The van der Waals surface area contributed by atoms with Crippen LogP contribution in [0.15, 0.2) is 0 Å². The summed E-state index contributed by atoms with van der Waals surface area (Å²) in [6.07, 6.45) is 3.35. The summed E-state index contributed by atoms with van der Waals surface area (Å²) in [5.41, 5.74) is 0. The predicted octanol–water partition coefficient (Wildman–Crippen LogP) is 1.50. The van der Waals surface area contributed by atoms with Gasteiger partial charge in [-0.1, -0.05) is 0 Å². The standard InChI is InChI=1S/C9H19NO/c1-7(2)11-9-5-8(6-9)10(3)4/h7-9H,5-6H2,1-4H3. The minimum Gasteiger partial charge on any atom is -0.375 e.